The third-order valence-electron chi connectivity index (χ3n) is 4.73. The van der Waals surface area contributed by atoms with Crippen molar-refractivity contribution in [3.63, 3.8) is 0 Å². The fourth-order valence-corrected chi connectivity index (χ4v) is 3.78. The molecule has 3 rings (SSSR count). The monoisotopic (exact) mass is 358 g/mol. The van der Waals surface area contributed by atoms with Crippen LogP contribution in [0.25, 0.3) is 0 Å². The van der Waals surface area contributed by atoms with E-state index in [4.69, 9.17) is 4.98 Å². The Morgan fingerprint density at radius 3 is 2.68 bits per heavy atom. The summed E-state index contributed by atoms with van der Waals surface area (Å²) in [6.45, 7) is 6.77. The lowest BCUT2D eigenvalue weighted by atomic mass is 9.97. The van der Waals surface area contributed by atoms with E-state index in [1.807, 2.05) is 6.92 Å². The Hall–Kier alpha value is -1.95. The number of nitrogens with one attached hydrogen (secondary N) is 1. The molecule has 1 amide bonds. The molecular weight excluding hydrogens is 332 g/mol. The highest BCUT2D eigenvalue weighted by Crippen LogP contribution is 2.25. The van der Waals surface area contributed by atoms with Crippen LogP contribution in [0.2, 0.25) is 0 Å². The standard InChI is InChI=1S/C19H26N4OS/c1-3-18(24)20-13-16-8-10-23(11-9-16)19-21-17(22-25-19)12-15-6-4-14(2)5-7-15/h4-7,16H,3,8-13H2,1-2H3,(H,20,24). The molecule has 6 heteroatoms. The molecule has 1 aromatic heterocycles. The smallest absolute Gasteiger partial charge is 0.219 e. The van der Waals surface area contributed by atoms with Crippen LogP contribution in [0.1, 0.15) is 43.1 Å². The normalized spacial score (nSPS) is 15.4. The van der Waals surface area contributed by atoms with E-state index in [0.29, 0.717) is 12.3 Å². The number of carbonyl (C=O) groups excluding carboxylic acids is 1. The molecule has 0 radical (unpaired) electrons. The van der Waals surface area contributed by atoms with Crippen LogP contribution in [-0.2, 0) is 11.2 Å². The van der Waals surface area contributed by atoms with Crippen LogP contribution in [0.15, 0.2) is 24.3 Å². The summed E-state index contributed by atoms with van der Waals surface area (Å²) in [6.07, 6.45) is 3.54. The zero-order valence-corrected chi connectivity index (χ0v) is 15.8. The molecule has 0 bridgehead atoms. The van der Waals surface area contributed by atoms with Gasteiger partial charge in [-0.3, -0.25) is 4.79 Å². The van der Waals surface area contributed by atoms with Crippen LogP contribution in [0.3, 0.4) is 0 Å². The number of carbonyl (C=O) groups is 1. The van der Waals surface area contributed by atoms with Crippen LogP contribution < -0.4 is 10.2 Å². The molecule has 1 saturated heterocycles. The molecule has 1 aliphatic heterocycles. The van der Waals surface area contributed by atoms with Gasteiger partial charge in [0, 0.05) is 44.0 Å². The Labute approximate surface area is 153 Å². The molecular formula is C19H26N4OS. The largest absolute Gasteiger partial charge is 0.356 e. The van der Waals surface area contributed by atoms with Crippen molar-refractivity contribution in [2.45, 2.75) is 39.5 Å². The summed E-state index contributed by atoms with van der Waals surface area (Å²) in [5, 5.41) is 4.04. The van der Waals surface area contributed by atoms with Crippen LogP contribution in [0.4, 0.5) is 5.13 Å². The first-order chi connectivity index (χ1) is 12.1. The van der Waals surface area contributed by atoms with Crippen molar-refractivity contribution in [2.75, 3.05) is 24.5 Å². The molecule has 1 N–H and O–H groups in total. The Bertz CT molecular complexity index is 690. The molecule has 134 valence electrons. The van der Waals surface area contributed by atoms with Crippen LogP contribution >= 0.6 is 11.5 Å². The predicted molar refractivity (Wildman–Crippen MR) is 102 cm³/mol. The molecule has 2 aromatic rings. The minimum atomic E-state index is 0.146. The van der Waals surface area contributed by atoms with Gasteiger partial charge < -0.3 is 10.2 Å². The Kier molecular flexibility index (Phi) is 6.02. The number of aryl methyl sites for hydroxylation is 1. The van der Waals surface area contributed by atoms with E-state index in [0.717, 1.165) is 49.9 Å². The summed E-state index contributed by atoms with van der Waals surface area (Å²) in [5.74, 6) is 1.63. The number of rotatable bonds is 6. The number of benzene rings is 1. The molecule has 0 saturated carbocycles. The average Bonchev–Trinajstić information content (AvgIpc) is 3.10. The lowest BCUT2D eigenvalue weighted by Gasteiger charge is -2.31. The predicted octanol–water partition coefficient (Wildman–Crippen LogP) is 3.18. The first kappa shape index (κ1) is 17.9. The van der Waals surface area contributed by atoms with Gasteiger partial charge in [-0.25, -0.2) is 4.98 Å². The van der Waals surface area contributed by atoms with Gasteiger partial charge in [-0.1, -0.05) is 36.8 Å². The molecule has 2 heterocycles. The molecule has 1 fully saturated rings. The minimum Gasteiger partial charge on any atom is -0.356 e. The van der Waals surface area contributed by atoms with Gasteiger partial charge in [-0.15, -0.1) is 0 Å². The first-order valence-corrected chi connectivity index (χ1v) is 9.81. The second-order valence-electron chi connectivity index (χ2n) is 6.74. The van der Waals surface area contributed by atoms with Crippen molar-refractivity contribution in [3.8, 4) is 0 Å². The van der Waals surface area contributed by atoms with Gasteiger partial charge in [0.2, 0.25) is 11.0 Å². The molecule has 5 nitrogen and oxygen atoms in total. The summed E-state index contributed by atoms with van der Waals surface area (Å²) >= 11 is 1.50. The minimum absolute atomic E-state index is 0.146. The van der Waals surface area contributed by atoms with Gasteiger partial charge in [0.15, 0.2) is 0 Å². The van der Waals surface area contributed by atoms with E-state index in [9.17, 15) is 4.79 Å². The van der Waals surface area contributed by atoms with Crippen molar-refractivity contribution in [3.05, 3.63) is 41.2 Å². The molecule has 25 heavy (non-hydrogen) atoms. The summed E-state index contributed by atoms with van der Waals surface area (Å²) in [7, 11) is 0. The van der Waals surface area contributed by atoms with Crippen molar-refractivity contribution in [1.29, 1.82) is 0 Å². The zero-order chi connectivity index (χ0) is 17.6. The van der Waals surface area contributed by atoms with E-state index in [1.165, 1.54) is 22.7 Å². The topological polar surface area (TPSA) is 58.1 Å². The Balaban J connectivity index is 1.50. The highest BCUT2D eigenvalue weighted by molar-refractivity contribution is 7.09. The van der Waals surface area contributed by atoms with E-state index >= 15 is 0 Å². The van der Waals surface area contributed by atoms with Gasteiger partial charge in [-0.2, -0.15) is 4.37 Å². The number of amides is 1. The van der Waals surface area contributed by atoms with Crippen LogP contribution in [0.5, 0.6) is 0 Å². The lowest BCUT2D eigenvalue weighted by Crippen LogP contribution is -2.38. The number of aromatic nitrogens is 2. The van der Waals surface area contributed by atoms with E-state index in [2.05, 4.69) is 45.8 Å². The summed E-state index contributed by atoms with van der Waals surface area (Å²) in [5.41, 5.74) is 2.52. The van der Waals surface area contributed by atoms with Crippen molar-refractivity contribution in [2.24, 2.45) is 5.92 Å². The quantitative estimate of drug-likeness (QED) is 0.862. The van der Waals surface area contributed by atoms with Crippen LogP contribution in [-0.4, -0.2) is 34.9 Å². The Morgan fingerprint density at radius 2 is 2.00 bits per heavy atom. The lowest BCUT2D eigenvalue weighted by molar-refractivity contribution is -0.120. The van der Waals surface area contributed by atoms with Gasteiger partial charge >= 0.3 is 0 Å². The average molecular weight is 359 g/mol. The fourth-order valence-electron chi connectivity index (χ4n) is 3.05. The number of hydrogen-bond acceptors (Lipinski definition) is 5. The third-order valence-corrected chi connectivity index (χ3v) is 5.55. The number of nitrogens with zero attached hydrogens (tertiary/aromatic N) is 3. The second-order valence-corrected chi connectivity index (χ2v) is 7.47. The second kappa shape index (κ2) is 8.43. The van der Waals surface area contributed by atoms with Gasteiger partial charge in [-0.05, 0) is 31.2 Å². The maximum Gasteiger partial charge on any atom is 0.219 e. The molecule has 0 atom stereocenters. The summed E-state index contributed by atoms with van der Waals surface area (Å²) in [6, 6.07) is 8.55. The fraction of sp³-hybridized carbons (Fsp3) is 0.526. The molecule has 1 aromatic carbocycles. The number of piperidine rings is 1. The maximum atomic E-state index is 11.4. The summed E-state index contributed by atoms with van der Waals surface area (Å²) < 4.78 is 4.53. The highest BCUT2D eigenvalue weighted by atomic mass is 32.1. The van der Waals surface area contributed by atoms with Crippen molar-refractivity contribution >= 4 is 22.6 Å². The highest BCUT2D eigenvalue weighted by Gasteiger charge is 2.22. The SMILES string of the molecule is CCC(=O)NCC1CCN(c2nc(Cc3ccc(C)cc3)ns2)CC1. The molecule has 0 aliphatic carbocycles. The number of hydrogen-bond donors (Lipinski definition) is 1. The third kappa shape index (κ3) is 5.01. The molecule has 1 aliphatic rings. The van der Waals surface area contributed by atoms with Gasteiger partial charge in [0.25, 0.3) is 0 Å². The van der Waals surface area contributed by atoms with Crippen molar-refractivity contribution in [1.82, 2.24) is 14.7 Å². The Morgan fingerprint density at radius 1 is 1.28 bits per heavy atom. The first-order valence-electron chi connectivity index (χ1n) is 9.04. The maximum absolute atomic E-state index is 11.4. The van der Waals surface area contributed by atoms with Gasteiger partial charge in [0.1, 0.15) is 5.82 Å². The molecule has 0 unspecified atom stereocenters. The van der Waals surface area contributed by atoms with E-state index in [1.54, 1.807) is 0 Å². The number of anilines is 1. The van der Waals surface area contributed by atoms with E-state index < -0.39 is 0 Å². The summed E-state index contributed by atoms with van der Waals surface area (Å²) in [4.78, 5) is 18.4. The van der Waals surface area contributed by atoms with Gasteiger partial charge in [0.05, 0.1) is 0 Å². The van der Waals surface area contributed by atoms with Crippen molar-refractivity contribution < 1.29 is 4.79 Å². The van der Waals surface area contributed by atoms with Crippen LogP contribution in [0, 0.1) is 12.8 Å². The zero-order valence-electron chi connectivity index (χ0n) is 15.0. The molecule has 0 spiro atoms. The van der Waals surface area contributed by atoms with E-state index in [-0.39, 0.29) is 5.91 Å².